The van der Waals surface area contributed by atoms with Gasteiger partial charge in [0.2, 0.25) is 0 Å². The highest BCUT2D eigenvalue weighted by Crippen LogP contribution is 2.65. The highest BCUT2D eigenvalue weighted by atomic mass is 127. The van der Waals surface area contributed by atoms with Crippen molar-refractivity contribution in [3.63, 3.8) is 0 Å². The zero-order chi connectivity index (χ0) is 23.9. The fourth-order valence-corrected chi connectivity index (χ4v) is 6.35. The Balaban J connectivity index is 2.45. The normalized spacial score (nSPS) is 48.4. The van der Waals surface area contributed by atoms with Gasteiger partial charge in [0.25, 0.3) is 0 Å². The van der Waals surface area contributed by atoms with E-state index in [4.69, 9.17) is 9.47 Å². The topological polar surface area (TPSA) is 96.3 Å². The highest BCUT2D eigenvalue weighted by Gasteiger charge is 2.69. The monoisotopic (exact) mass is 553 g/mol. The molecule has 1 saturated carbocycles. The lowest BCUT2D eigenvalue weighted by atomic mass is 9.79. The van der Waals surface area contributed by atoms with E-state index in [-0.39, 0.29) is 29.1 Å². The average Bonchev–Trinajstić information content (AvgIpc) is 3.32. The van der Waals surface area contributed by atoms with Gasteiger partial charge in [-0.1, -0.05) is 27.7 Å². The number of aliphatic hydroxyl groups is 2. The van der Waals surface area contributed by atoms with Gasteiger partial charge in [-0.25, -0.2) is 3.11 Å². The van der Waals surface area contributed by atoms with Crippen LogP contribution in [-0.2, 0) is 19.1 Å². The van der Waals surface area contributed by atoms with Gasteiger partial charge in [-0.3, -0.25) is 9.59 Å². The quantitative estimate of drug-likeness (QED) is 0.235. The smallest absolute Gasteiger partial charge is 0.316 e. The number of hydrogen-bond donors (Lipinski definition) is 2. The second-order valence-electron chi connectivity index (χ2n) is 10.3. The Morgan fingerprint density at radius 2 is 1.81 bits per heavy atom. The number of Topliss-reactive ketones (excluding diaryl/α,β-unsaturated/α-hetero) is 1. The van der Waals surface area contributed by atoms with Crippen LogP contribution in [0.1, 0.15) is 67.7 Å². The van der Waals surface area contributed by atoms with Crippen molar-refractivity contribution in [1.82, 2.24) is 3.11 Å². The van der Waals surface area contributed by atoms with Crippen LogP contribution in [0.2, 0.25) is 0 Å². The van der Waals surface area contributed by atoms with Crippen molar-refractivity contribution in [2.24, 2.45) is 23.2 Å². The SMILES string of the molecule is CC[C@H]1OC(=O)[C@H](C)C(=O)[C@H](C)C2(C)C[C@@]2(OC)C[C@@H](C)CN(I)[C@H](C)[C@@H](O)[C@]1(C)O. The van der Waals surface area contributed by atoms with Crippen LogP contribution in [0, 0.1) is 23.2 Å². The molecule has 2 aliphatic rings. The summed E-state index contributed by atoms with van der Waals surface area (Å²) in [4.78, 5) is 26.1. The second-order valence-corrected chi connectivity index (χ2v) is 11.5. The maximum Gasteiger partial charge on any atom is 0.316 e. The van der Waals surface area contributed by atoms with E-state index in [9.17, 15) is 19.8 Å². The molecule has 0 spiro atoms. The van der Waals surface area contributed by atoms with Crippen molar-refractivity contribution in [2.45, 2.75) is 97.2 Å². The summed E-state index contributed by atoms with van der Waals surface area (Å²) in [6, 6.07) is -0.377. The second kappa shape index (κ2) is 9.52. The minimum atomic E-state index is -1.66. The Morgan fingerprint density at radius 1 is 1.23 bits per heavy atom. The molecule has 1 heterocycles. The lowest BCUT2D eigenvalue weighted by molar-refractivity contribution is -0.187. The minimum Gasteiger partial charge on any atom is -0.459 e. The lowest BCUT2D eigenvalue weighted by Gasteiger charge is -2.41. The number of carbonyl (C=O) groups excluding carboxylic acids is 2. The van der Waals surface area contributed by atoms with Gasteiger partial charge in [0.05, 0.1) is 5.60 Å². The maximum absolute atomic E-state index is 13.2. The van der Waals surface area contributed by atoms with Crippen LogP contribution in [0.5, 0.6) is 0 Å². The third-order valence-electron chi connectivity index (χ3n) is 8.07. The standard InChI is InChI=1S/C23H40INO6/c1-9-17-22(7,29)19(27)16(5)25(24)11-13(2)10-23(30-8)12-21(23,6)15(4)18(26)14(3)20(28)31-17/h13-17,19,27,29H,9-12H2,1-8H3/t13-,14-,15+,16-,17-,19-,21?,22-,23+/m1/s1. The molecule has 2 N–H and O–H groups in total. The van der Waals surface area contributed by atoms with Crippen LogP contribution in [-0.4, -0.2) is 68.2 Å². The minimum absolute atomic E-state index is 0.173. The summed E-state index contributed by atoms with van der Waals surface area (Å²) in [6.07, 6.45) is -0.216. The summed E-state index contributed by atoms with van der Waals surface area (Å²) < 4.78 is 13.6. The van der Waals surface area contributed by atoms with E-state index < -0.39 is 35.3 Å². The number of carbonyl (C=O) groups is 2. The van der Waals surface area contributed by atoms with Gasteiger partial charge in [-0.05, 0) is 46.0 Å². The first-order chi connectivity index (χ1) is 14.2. The number of halogens is 1. The molecule has 2 rings (SSSR count). The molecule has 180 valence electrons. The number of ether oxygens (including phenoxy) is 2. The molecule has 2 fully saturated rings. The number of nitrogens with zero attached hydrogens (tertiary/aromatic N) is 1. The van der Waals surface area contributed by atoms with Gasteiger partial charge in [0, 0.05) is 53.9 Å². The molecule has 1 aliphatic heterocycles. The van der Waals surface area contributed by atoms with E-state index in [0.717, 1.165) is 12.8 Å². The number of hydrogen-bond acceptors (Lipinski definition) is 7. The predicted molar refractivity (Wildman–Crippen MR) is 127 cm³/mol. The molecule has 1 unspecified atom stereocenters. The molecule has 31 heavy (non-hydrogen) atoms. The predicted octanol–water partition coefficient (Wildman–Crippen LogP) is 3.14. The molecule has 0 amide bonds. The van der Waals surface area contributed by atoms with Crippen molar-refractivity contribution in [2.75, 3.05) is 13.7 Å². The summed E-state index contributed by atoms with van der Waals surface area (Å²) in [5.41, 5.74) is -2.42. The molecule has 0 radical (unpaired) electrons. The van der Waals surface area contributed by atoms with Crippen molar-refractivity contribution in [3.05, 3.63) is 0 Å². The molecule has 9 atom stereocenters. The summed E-state index contributed by atoms with van der Waals surface area (Å²) in [5, 5.41) is 22.1. The summed E-state index contributed by atoms with van der Waals surface area (Å²) in [6.45, 7) is 13.5. The molecule has 1 saturated heterocycles. The number of fused-ring (bicyclic) bond motifs is 1. The number of methoxy groups -OCH3 is 1. The van der Waals surface area contributed by atoms with E-state index >= 15 is 0 Å². The molecule has 0 aromatic carbocycles. The van der Waals surface area contributed by atoms with Crippen LogP contribution in [0.3, 0.4) is 0 Å². The van der Waals surface area contributed by atoms with E-state index in [1.165, 1.54) is 6.92 Å². The fraction of sp³-hybridized carbons (Fsp3) is 0.913. The fourth-order valence-electron chi connectivity index (χ4n) is 5.38. The van der Waals surface area contributed by atoms with Crippen molar-refractivity contribution in [3.8, 4) is 0 Å². The molecular formula is C23H40INO6. The van der Waals surface area contributed by atoms with E-state index in [1.807, 2.05) is 17.0 Å². The van der Waals surface area contributed by atoms with Crippen molar-refractivity contribution in [1.29, 1.82) is 0 Å². The zero-order valence-corrected chi connectivity index (χ0v) is 22.3. The lowest BCUT2D eigenvalue weighted by Crippen LogP contribution is -2.58. The number of ketones is 1. The molecule has 0 bridgehead atoms. The number of cyclic esters (lactones) is 1. The van der Waals surface area contributed by atoms with Crippen LogP contribution in [0.15, 0.2) is 0 Å². The van der Waals surface area contributed by atoms with Crippen molar-refractivity contribution >= 4 is 34.6 Å². The van der Waals surface area contributed by atoms with Gasteiger partial charge in [-0.15, -0.1) is 0 Å². The Bertz CT molecular complexity index is 687. The molecule has 8 heteroatoms. The van der Waals surface area contributed by atoms with E-state index in [0.29, 0.717) is 13.0 Å². The average molecular weight is 553 g/mol. The summed E-state index contributed by atoms with van der Waals surface area (Å²) in [5.74, 6) is -1.92. The molecule has 0 aromatic rings. The highest BCUT2D eigenvalue weighted by molar-refractivity contribution is 14.1. The Morgan fingerprint density at radius 3 is 2.32 bits per heavy atom. The summed E-state index contributed by atoms with van der Waals surface area (Å²) >= 11 is 2.18. The largest absolute Gasteiger partial charge is 0.459 e. The molecular weight excluding hydrogens is 513 g/mol. The first-order valence-corrected chi connectivity index (χ1v) is 12.3. The van der Waals surface area contributed by atoms with Gasteiger partial charge in [0.1, 0.15) is 29.5 Å². The van der Waals surface area contributed by atoms with E-state index in [2.05, 4.69) is 36.7 Å². The number of esters is 1. The first kappa shape index (κ1) is 27.0. The van der Waals surface area contributed by atoms with Gasteiger partial charge in [-0.2, -0.15) is 0 Å². The van der Waals surface area contributed by atoms with E-state index in [1.54, 1.807) is 21.0 Å². The number of aliphatic hydroxyl groups excluding tert-OH is 1. The molecule has 1 aliphatic carbocycles. The van der Waals surface area contributed by atoms with Gasteiger partial charge >= 0.3 is 5.97 Å². The zero-order valence-electron chi connectivity index (χ0n) is 20.1. The van der Waals surface area contributed by atoms with Crippen molar-refractivity contribution < 1.29 is 29.3 Å². The molecule has 0 aromatic heterocycles. The third kappa shape index (κ3) is 4.83. The Kier molecular flexibility index (Phi) is 8.28. The number of rotatable bonds is 2. The van der Waals surface area contributed by atoms with Crippen LogP contribution in [0.25, 0.3) is 0 Å². The van der Waals surface area contributed by atoms with Gasteiger partial charge < -0.3 is 19.7 Å². The van der Waals surface area contributed by atoms with Crippen LogP contribution < -0.4 is 0 Å². The molecule has 7 nitrogen and oxygen atoms in total. The van der Waals surface area contributed by atoms with Crippen LogP contribution >= 0.6 is 22.9 Å². The first-order valence-electron chi connectivity index (χ1n) is 11.3. The summed E-state index contributed by atoms with van der Waals surface area (Å²) in [7, 11) is 1.69. The Hall–Kier alpha value is -0.290. The third-order valence-corrected chi connectivity index (χ3v) is 9.34. The maximum atomic E-state index is 13.2. The van der Waals surface area contributed by atoms with Crippen LogP contribution in [0.4, 0.5) is 0 Å². The Labute approximate surface area is 200 Å². The van der Waals surface area contributed by atoms with Gasteiger partial charge in [0.15, 0.2) is 0 Å².